The molecule has 0 aromatic rings. The summed E-state index contributed by atoms with van der Waals surface area (Å²) in [5, 5.41) is 19.0. The van der Waals surface area contributed by atoms with Gasteiger partial charge in [-0.1, -0.05) is 0 Å². The minimum absolute atomic E-state index is 0.622. The third kappa shape index (κ3) is 22.5. The van der Waals surface area contributed by atoms with Crippen LogP contribution in [0.3, 0.4) is 0 Å². The van der Waals surface area contributed by atoms with Crippen molar-refractivity contribution in [2.75, 3.05) is 45.8 Å². The fraction of sp³-hybridized carbons (Fsp3) is 0.863. The van der Waals surface area contributed by atoms with Gasteiger partial charge >= 0.3 is 0 Å². The van der Waals surface area contributed by atoms with E-state index in [1.807, 2.05) is 0 Å². The molecule has 6 aliphatic rings. The summed E-state index contributed by atoms with van der Waals surface area (Å²) in [4.78, 5) is 32.0. The van der Waals surface area contributed by atoms with Gasteiger partial charge in [-0.05, 0) is 313 Å². The number of hydrogen-bond donors (Lipinski definition) is 0. The zero-order valence-corrected chi connectivity index (χ0v) is 73.4. The lowest BCUT2D eigenvalue weighted by atomic mass is 10.5. The van der Waals surface area contributed by atoms with E-state index in [-0.39, 0.29) is 0 Å². The van der Waals surface area contributed by atoms with E-state index < -0.39 is 116 Å². The molecule has 10 bridgehead atoms. The minimum Gasteiger partial charge on any atom is -0.456 e. The highest BCUT2D eigenvalue weighted by Gasteiger charge is 2.71. The maximum atomic E-state index is 9.13. The minimum atomic E-state index is -2.99. The van der Waals surface area contributed by atoms with Crippen LogP contribution in [0, 0.1) is 0 Å². The van der Waals surface area contributed by atoms with Crippen molar-refractivity contribution in [1.82, 2.24) is 0 Å². The van der Waals surface area contributed by atoms with Gasteiger partial charge in [-0.3, -0.25) is 0 Å². The quantitative estimate of drug-likeness (QED) is 0.0316. The predicted molar refractivity (Wildman–Crippen MR) is 416 cm³/mol. The Labute approximate surface area is 569 Å². The predicted octanol–water partition coefficient (Wildman–Crippen LogP) is 16.3. The van der Waals surface area contributed by atoms with Crippen molar-refractivity contribution in [2.24, 2.45) is 34.9 Å². The van der Waals surface area contributed by atoms with Crippen LogP contribution >= 0.6 is 85.5 Å². The average Bonchev–Trinajstić information content (AvgIpc) is 0.722. The van der Waals surface area contributed by atoms with E-state index in [1.54, 1.807) is 0 Å². The second-order valence-corrected chi connectivity index (χ2v) is 96.6. The third-order valence-electron chi connectivity index (χ3n) is 18.8. The Balaban J connectivity index is 1.71. The van der Waals surface area contributed by atoms with Crippen LogP contribution in [0.5, 0.6) is 0 Å². The second kappa shape index (κ2) is 32.4. The maximum Gasteiger partial charge on any atom is 0.178 e. The summed E-state index contributed by atoms with van der Waals surface area (Å²) in [7, 11) is -37.1. The molecule has 6 aliphatic heterocycles. The molecule has 10 atom stereocenters. The van der Waals surface area contributed by atoms with E-state index in [0.717, 1.165) is 155 Å². The van der Waals surface area contributed by atoms with Crippen molar-refractivity contribution in [1.29, 1.82) is 0 Å². The molecule has 10 unspecified atom stereocenters. The molecule has 6 heterocycles. The van der Waals surface area contributed by atoms with Crippen LogP contribution in [-0.2, 0) is 28.8 Å². The van der Waals surface area contributed by atoms with Gasteiger partial charge in [0.15, 0.2) is 116 Å². The molecule has 0 aromatic carbocycles. The van der Waals surface area contributed by atoms with E-state index in [0.29, 0.717) is 45.8 Å². The van der Waals surface area contributed by atoms with Gasteiger partial charge in [-0.2, -0.15) is 0 Å². The number of isothiocyanates is 7. The molecule has 14 nitrogen and oxygen atoms in total. The van der Waals surface area contributed by atoms with Gasteiger partial charge in [-0.15, -0.1) is 0 Å². The van der Waals surface area contributed by atoms with E-state index in [1.165, 1.54) is 0 Å². The standard InChI is InChI=1S/C51H99N7O7S7Si14/c1-73(2)40-77(7)42-79(9)44-81(11)45-80(10)43-78(8)41-74(3,4)60-76(6,27-13-20-53-34-67)47-83(62-78,29-15-22-55-36-69)49-85(64-80,31-17-24-57-38-71)51-86(65-81,32-18-25-58-39-72)50-84(63-79,30-16-23-56-37-70)48-82(61-77,28-14-21-54-35-68)46-75(5,59-73)26-12-19-52-33-66/h12-32,40-51H2,1-11H3. The van der Waals surface area contributed by atoms with Crippen LogP contribution in [0.4, 0.5) is 0 Å². The molecule has 0 N–H and O–H groups in total. The van der Waals surface area contributed by atoms with Crippen molar-refractivity contribution < 1.29 is 28.8 Å². The summed E-state index contributed by atoms with van der Waals surface area (Å²) in [6, 6.07) is 6.95. The summed E-state index contributed by atoms with van der Waals surface area (Å²) in [5.74, 6) is 0. The first kappa shape index (κ1) is 76.4. The second-order valence-electron chi connectivity index (χ2n) is 30.0. The van der Waals surface area contributed by atoms with Crippen molar-refractivity contribution in [3.8, 4) is 0 Å². The van der Waals surface area contributed by atoms with Crippen LogP contribution in [-0.4, -0.2) is 198 Å². The van der Waals surface area contributed by atoms with Gasteiger partial charge in [0.2, 0.25) is 0 Å². The van der Waals surface area contributed by atoms with Crippen LogP contribution < -0.4 is 0 Å². The van der Waals surface area contributed by atoms with Gasteiger partial charge in [-0.25, -0.2) is 34.9 Å². The van der Waals surface area contributed by atoms with E-state index in [4.69, 9.17) is 114 Å². The fourth-order valence-electron chi connectivity index (χ4n) is 19.3. The van der Waals surface area contributed by atoms with Crippen LogP contribution in [0.1, 0.15) is 44.9 Å². The van der Waals surface area contributed by atoms with Gasteiger partial charge in [0.25, 0.3) is 0 Å². The van der Waals surface area contributed by atoms with E-state index in [2.05, 4.69) is 143 Å². The van der Waals surface area contributed by atoms with Gasteiger partial charge < -0.3 is 28.8 Å². The molecule has 0 radical (unpaired) electrons. The normalized spacial score (nSPS) is 38.8. The molecule has 0 aromatic heterocycles. The van der Waals surface area contributed by atoms with Crippen LogP contribution in [0.25, 0.3) is 0 Å². The summed E-state index contributed by atoms with van der Waals surface area (Å²) >= 11 is 36.6. The number of aliphatic imine (C=N–C) groups is 7. The molecule has 0 aliphatic carbocycles. The molecular weight excluding hydrogens is 1440 g/mol. The number of hydrogen-bond acceptors (Lipinski definition) is 21. The first-order chi connectivity index (χ1) is 40.4. The molecule has 6 saturated heterocycles. The van der Waals surface area contributed by atoms with Gasteiger partial charge in [0.1, 0.15) is 0 Å². The van der Waals surface area contributed by atoms with Crippen molar-refractivity contribution in [3.63, 3.8) is 0 Å². The summed E-state index contributed by atoms with van der Waals surface area (Å²) in [6.07, 6.45) is 6.33. The highest BCUT2D eigenvalue weighted by Crippen LogP contribution is 2.59. The lowest BCUT2D eigenvalue weighted by Gasteiger charge is -2.63. The summed E-state index contributed by atoms with van der Waals surface area (Å²) < 4.78 is 60.8. The molecule has 0 saturated carbocycles. The molecule has 6 rings (SSSR count). The largest absolute Gasteiger partial charge is 0.456 e. The van der Waals surface area contributed by atoms with E-state index >= 15 is 0 Å². The number of nitrogens with zero attached hydrogens (tertiary/aromatic N) is 7. The van der Waals surface area contributed by atoms with Crippen molar-refractivity contribution in [2.45, 2.75) is 227 Å². The summed E-state index contributed by atoms with van der Waals surface area (Å²) in [5.41, 5.74) is 12.6. The van der Waals surface area contributed by atoms with Crippen LogP contribution in [0.15, 0.2) is 34.9 Å². The Hall–Kier alpha value is 1.36. The molecular formula is C51H99N7O7S7Si14. The molecule has 35 heteroatoms. The smallest absolute Gasteiger partial charge is 0.178 e. The lowest BCUT2D eigenvalue weighted by molar-refractivity contribution is 0.441. The Morgan fingerprint density at radius 1 is 0.244 bits per heavy atom. The van der Waals surface area contributed by atoms with Gasteiger partial charge in [0.05, 0.1) is 36.1 Å². The zero-order valence-electron chi connectivity index (χ0n) is 53.7. The number of fused-ring (bicyclic) bond motifs is 10. The highest BCUT2D eigenvalue weighted by atomic mass is 32.1. The Morgan fingerprint density at radius 2 is 0.430 bits per heavy atom. The topological polar surface area (TPSA) is 151 Å². The molecule has 478 valence electrons. The Bertz CT molecular complexity index is 2610. The van der Waals surface area contributed by atoms with E-state index in [9.17, 15) is 0 Å². The molecule has 0 amide bonds. The lowest BCUT2D eigenvalue weighted by Crippen LogP contribution is -2.77. The first-order valence-electron chi connectivity index (χ1n) is 31.5. The number of thiocarbonyl (C=S) groups is 7. The van der Waals surface area contributed by atoms with Crippen LogP contribution in [0.2, 0.25) is 182 Å². The average molecular weight is 1540 g/mol. The van der Waals surface area contributed by atoms with Crippen molar-refractivity contribution in [3.05, 3.63) is 0 Å². The fourth-order valence-corrected chi connectivity index (χ4v) is 177. The third-order valence-corrected chi connectivity index (χ3v) is 124. The zero-order chi connectivity index (χ0) is 63.2. The highest BCUT2D eigenvalue weighted by molar-refractivity contribution is 7.79. The summed E-state index contributed by atoms with van der Waals surface area (Å²) in [6.45, 7) is 32.8. The van der Waals surface area contributed by atoms with Crippen molar-refractivity contribution >= 4 is 238 Å². The Kier molecular flexibility index (Phi) is 28.8. The first-order valence-corrected chi connectivity index (χ1v) is 73.0. The molecule has 0 spiro atoms. The molecule has 6 fully saturated rings. The maximum absolute atomic E-state index is 9.13. The SMILES string of the molecule is C[Si]1(C)C[Si]2(C)C[Si]3(C)C[Si]4(C)C[Si]5(C)C[Si]6(C)C[Si](C)(C)O[Si](C)(CCCN=C=S)C[Si](CCCN=C=S)(C[Si](CCCN=C=S)(C[Si](CCCN=C=S)(C[Si](CCCN=C=S)(C[Si](CCCN=C=S)(C[Si](C)(CCCN=C=S)O1)O2)O3)O4)O5)O6. The van der Waals surface area contributed by atoms with Gasteiger partial charge in [0, 0.05) is 45.8 Å². The Morgan fingerprint density at radius 3 is 0.640 bits per heavy atom. The monoisotopic (exact) mass is 1540 g/mol. The number of rotatable bonds is 28. The molecule has 86 heavy (non-hydrogen) atoms.